The maximum absolute atomic E-state index is 12.6. The van der Waals surface area contributed by atoms with Crippen LogP contribution in [0.5, 0.6) is 0 Å². The molecule has 0 spiro atoms. The molecule has 0 atom stereocenters. The van der Waals surface area contributed by atoms with E-state index in [4.69, 9.17) is 5.26 Å². The summed E-state index contributed by atoms with van der Waals surface area (Å²) in [4.78, 5) is 11.8. The van der Waals surface area contributed by atoms with Crippen molar-refractivity contribution in [2.24, 2.45) is 0 Å². The first kappa shape index (κ1) is 17.3. The number of hydrogen-bond donors (Lipinski definition) is 2. The number of carbonyl (C=O) groups is 1. The predicted molar refractivity (Wildman–Crippen MR) is 84.3 cm³/mol. The summed E-state index contributed by atoms with van der Waals surface area (Å²) in [7, 11) is 0. The summed E-state index contributed by atoms with van der Waals surface area (Å²) in [5, 5.41) is 14.1. The van der Waals surface area contributed by atoms with Gasteiger partial charge in [-0.3, -0.25) is 4.79 Å². The zero-order valence-corrected chi connectivity index (χ0v) is 12.5. The first-order valence-corrected chi connectivity index (χ1v) is 7.09. The number of halogens is 3. The molecule has 24 heavy (non-hydrogen) atoms. The molecule has 0 aliphatic carbocycles. The highest BCUT2D eigenvalue weighted by Gasteiger charge is 2.30. The number of anilines is 2. The number of carbonyl (C=O) groups excluding carboxylic acids is 1. The first-order valence-electron chi connectivity index (χ1n) is 7.09. The van der Waals surface area contributed by atoms with E-state index in [-0.39, 0.29) is 18.9 Å². The molecular weight excluding hydrogens is 319 g/mol. The fraction of sp³-hybridized carbons (Fsp3) is 0.176. The maximum Gasteiger partial charge on any atom is 0.416 e. The summed E-state index contributed by atoms with van der Waals surface area (Å²) < 4.78 is 37.8. The molecule has 0 heterocycles. The van der Waals surface area contributed by atoms with Crippen LogP contribution in [0.3, 0.4) is 0 Å². The zero-order chi connectivity index (χ0) is 17.6. The lowest BCUT2D eigenvalue weighted by Crippen LogP contribution is -2.16. The fourth-order valence-corrected chi connectivity index (χ4v) is 1.98. The molecule has 124 valence electrons. The fourth-order valence-electron chi connectivity index (χ4n) is 1.98. The second kappa shape index (κ2) is 7.51. The van der Waals surface area contributed by atoms with Crippen molar-refractivity contribution < 1.29 is 18.0 Å². The van der Waals surface area contributed by atoms with Gasteiger partial charge in [-0.05, 0) is 42.5 Å². The van der Waals surface area contributed by atoms with E-state index in [1.54, 1.807) is 24.3 Å². The lowest BCUT2D eigenvalue weighted by atomic mass is 10.2. The van der Waals surface area contributed by atoms with Gasteiger partial charge < -0.3 is 10.6 Å². The summed E-state index contributed by atoms with van der Waals surface area (Å²) in [5.41, 5.74) is 0.600. The lowest BCUT2D eigenvalue weighted by molar-refractivity contribution is -0.137. The van der Waals surface area contributed by atoms with E-state index >= 15 is 0 Å². The molecule has 7 heteroatoms. The normalized spacial score (nSPS) is 10.8. The molecule has 0 aliphatic rings. The third-order valence-corrected chi connectivity index (χ3v) is 3.17. The minimum absolute atomic E-state index is 0.0935. The van der Waals surface area contributed by atoms with Gasteiger partial charge in [0.1, 0.15) is 0 Å². The standard InChI is InChI=1S/C17H14F3N3O/c18-17(19,20)13-2-1-3-15(10-13)22-9-8-16(24)23-14-6-4-12(11-21)5-7-14/h1-7,10,22H,8-9H2,(H,23,24). The molecule has 0 bridgehead atoms. The van der Waals surface area contributed by atoms with E-state index in [1.807, 2.05) is 6.07 Å². The summed E-state index contributed by atoms with van der Waals surface area (Å²) in [6.45, 7) is 0.198. The van der Waals surface area contributed by atoms with E-state index in [9.17, 15) is 18.0 Å². The average Bonchev–Trinajstić information content (AvgIpc) is 2.55. The van der Waals surface area contributed by atoms with Gasteiger partial charge in [-0.25, -0.2) is 0 Å². The minimum Gasteiger partial charge on any atom is -0.385 e. The molecule has 0 radical (unpaired) electrons. The zero-order valence-electron chi connectivity index (χ0n) is 12.5. The van der Waals surface area contributed by atoms with Crippen LogP contribution in [0.25, 0.3) is 0 Å². The molecule has 0 unspecified atom stereocenters. The van der Waals surface area contributed by atoms with Crippen molar-refractivity contribution in [3.05, 3.63) is 59.7 Å². The van der Waals surface area contributed by atoms with Gasteiger partial charge in [0.05, 0.1) is 17.2 Å². The Morgan fingerprint density at radius 3 is 2.42 bits per heavy atom. The highest BCUT2D eigenvalue weighted by atomic mass is 19.4. The third-order valence-electron chi connectivity index (χ3n) is 3.17. The Morgan fingerprint density at radius 1 is 1.08 bits per heavy atom. The van der Waals surface area contributed by atoms with Gasteiger partial charge in [0, 0.05) is 24.3 Å². The molecule has 4 nitrogen and oxygen atoms in total. The van der Waals surface area contributed by atoms with Crippen LogP contribution in [0, 0.1) is 11.3 Å². The number of benzene rings is 2. The Labute approximate surface area is 136 Å². The van der Waals surface area contributed by atoms with Crippen LogP contribution < -0.4 is 10.6 Å². The van der Waals surface area contributed by atoms with Crippen LogP contribution >= 0.6 is 0 Å². The second-order valence-corrected chi connectivity index (χ2v) is 4.99. The van der Waals surface area contributed by atoms with Crippen LogP contribution in [0.1, 0.15) is 17.5 Å². The van der Waals surface area contributed by atoms with Crippen LogP contribution in [0.2, 0.25) is 0 Å². The molecule has 0 aromatic heterocycles. The van der Waals surface area contributed by atoms with Gasteiger partial charge in [0.15, 0.2) is 0 Å². The van der Waals surface area contributed by atoms with Gasteiger partial charge in [0.2, 0.25) is 5.91 Å². The number of nitrogens with one attached hydrogen (secondary N) is 2. The molecule has 0 saturated carbocycles. The monoisotopic (exact) mass is 333 g/mol. The van der Waals surface area contributed by atoms with Crippen molar-refractivity contribution >= 4 is 17.3 Å². The van der Waals surface area contributed by atoms with Gasteiger partial charge in [-0.2, -0.15) is 18.4 Å². The molecule has 2 aromatic carbocycles. The van der Waals surface area contributed by atoms with Gasteiger partial charge in [0.25, 0.3) is 0 Å². The van der Waals surface area contributed by atoms with Crippen LogP contribution in [-0.4, -0.2) is 12.5 Å². The Kier molecular flexibility index (Phi) is 5.42. The molecule has 0 saturated heterocycles. The minimum atomic E-state index is -4.40. The van der Waals surface area contributed by atoms with Crippen LogP contribution in [0.15, 0.2) is 48.5 Å². The highest BCUT2D eigenvalue weighted by Crippen LogP contribution is 2.30. The molecule has 1 amide bonds. The van der Waals surface area contributed by atoms with Crippen molar-refractivity contribution in [2.75, 3.05) is 17.2 Å². The summed E-state index contributed by atoms with van der Waals surface area (Å²) in [5.74, 6) is -0.279. The van der Waals surface area contributed by atoms with Gasteiger partial charge in [-0.1, -0.05) is 6.07 Å². The lowest BCUT2D eigenvalue weighted by Gasteiger charge is -2.10. The molecule has 0 aliphatic heterocycles. The summed E-state index contributed by atoms with van der Waals surface area (Å²) >= 11 is 0. The van der Waals surface area contributed by atoms with Crippen LogP contribution in [0.4, 0.5) is 24.5 Å². The Hall–Kier alpha value is -3.01. The van der Waals surface area contributed by atoms with E-state index in [2.05, 4.69) is 10.6 Å². The largest absolute Gasteiger partial charge is 0.416 e. The Bertz CT molecular complexity index is 749. The molecule has 2 aromatic rings. The van der Waals surface area contributed by atoms with Crippen molar-refractivity contribution in [1.82, 2.24) is 0 Å². The van der Waals surface area contributed by atoms with E-state index < -0.39 is 11.7 Å². The van der Waals surface area contributed by atoms with Gasteiger partial charge >= 0.3 is 6.18 Å². The predicted octanol–water partition coefficient (Wildman–Crippen LogP) is 4.02. The number of nitrogens with zero attached hydrogens (tertiary/aromatic N) is 1. The number of rotatable bonds is 5. The summed E-state index contributed by atoms with van der Waals surface area (Å²) in [6, 6.07) is 13.2. The molecule has 2 N–H and O–H groups in total. The Balaban J connectivity index is 1.83. The van der Waals surface area contributed by atoms with Gasteiger partial charge in [-0.15, -0.1) is 0 Å². The quantitative estimate of drug-likeness (QED) is 0.869. The molecule has 2 rings (SSSR count). The van der Waals surface area contributed by atoms with Crippen molar-refractivity contribution in [3.8, 4) is 6.07 Å². The number of alkyl halides is 3. The number of amides is 1. The van der Waals surface area contributed by atoms with Crippen LogP contribution in [-0.2, 0) is 11.0 Å². The first-order chi connectivity index (χ1) is 11.4. The number of nitriles is 1. The summed E-state index contributed by atoms with van der Waals surface area (Å²) in [6.07, 6.45) is -4.30. The van der Waals surface area contributed by atoms with Crippen molar-refractivity contribution in [3.63, 3.8) is 0 Å². The van der Waals surface area contributed by atoms with E-state index in [0.29, 0.717) is 16.9 Å². The Morgan fingerprint density at radius 2 is 1.79 bits per heavy atom. The van der Waals surface area contributed by atoms with Crippen molar-refractivity contribution in [1.29, 1.82) is 5.26 Å². The van der Waals surface area contributed by atoms with E-state index in [1.165, 1.54) is 12.1 Å². The maximum atomic E-state index is 12.6. The van der Waals surface area contributed by atoms with Crippen molar-refractivity contribution in [2.45, 2.75) is 12.6 Å². The highest BCUT2D eigenvalue weighted by molar-refractivity contribution is 5.91. The second-order valence-electron chi connectivity index (χ2n) is 4.99. The molecular formula is C17H14F3N3O. The topological polar surface area (TPSA) is 64.9 Å². The average molecular weight is 333 g/mol. The van der Waals surface area contributed by atoms with E-state index in [0.717, 1.165) is 12.1 Å². The smallest absolute Gasteiger partial charge is 0.385 e. The SMILES string of the molecule is N#Cc1ccc(NC(=O)CCNc2cccc(C(F)(F)F)c2)cc1. The number of hydrogen-bond acceptors (Lipinski definition) is 3. The third kappa shape index (κ3) is 5.02. The molecule has 0 fully saturated rings.